The predicted octanol–water partition coefficient (Wildman–Crippen LogP) is 4.00. The van der Waals surface area contributed by atoms with Crippen LogP contribution in [-0.2, 0) is 0 Å². The Labute approximate surface area is 175 Å². The molecule has 1 aliphatic heterocycles. The molecule has 3 aromatic rings. The van der Waals surface area contributed by atoms with Crippen molar-refractivity contribution in [2.45, 2.75) is 25.7 Å². The van der Waals surface area contributed by atoms with Crippen LogP contribution in [0.4, 0.5) is 16.2 Å². The molecule has 1 saturated heterocycles. The van der Waals surface area contributed by atoms with Gasteiger partial charge >= 0.3 is 6.03 Å². The lowest BCUT2D eigenvalue weighted by Gasteiger charge is -2.30. The largest absolute Gasteiger partial charge is 0.375 e. The van der Waals surface area contributed by atoms with Crippen LogP contribution >= 0.6 is 0 Å². The van der Waals surface area contributed by atoms with E-state index < -0.39 is 0 Å². The number of carbonyl (C=O) groups is 1. The van der Waals surface area contributed by atoms with E-state index in [4.69, 9.17) is 4.52 Å². The summed E-state index contributed by atoms with van der Waals surface area (Å²) < 4.78 is 5.47. The fraction of sp³-hybridized carbons (Fsp3) is 0.364. The molecule has 1 aliphatic rings. The summed E-state index contributed by atoms with van der Waals surface area (Å²) in [6, 6.07) is 13.4. The van der Waals surface area contributed by atoms with Gasteiger partial charge in [-0.1, -0.05) is 17.3 Å². The lowest BCUT2D eigenvalue weighted by molar-refractivity contribution is 0.187. The molecule has 2 amide bonds. The summed E-state index contributed by atoms with van der Waals surface area (Å²) in [7, 11) is 2.03. The molecule has 156 valence electrons. The van der Waals surface area contributed by atoms with Gasteiger partial charge < -0.3 is 19.6 Å². The highest BCUT2D eigenvalue weighted by atomic mass is 16.5. The van der Waals surface area contributed by atoms with Gasteiger partial charge in [-0.15, -0.1) is 0 Å². The van der Waals surface area contributed by atoms with Crippen molar-refractivity contribution < 1.29 is 9.32 Å². The quantitative estimate of drug-likeness (QED) is 0.689. The van der Waals surface area contributed by atoms with Gasteiger partial charge in [0.1, 0.15) is 5.69 Å². The number of likely N-dealkylation sites (tertiary alicyclic amines) is 1. The van der Waals surface area contributed by atoms with Crippen LogP contribution in [0.15, 0.2) is 53.2 Å². The highest BCUT2D eigenvalue weighted by molar-refractivity contribution is 5.90. The molecule has 0 saturated carbocycles. The van der Waals surface area contributed by atoms with Gasteiger partial charge in [-0.2, -0.15) is 4.98 Å². The Bertz CT molecular complexity index is 982. The van der Waals surface area contributed by atoms with Crippen LogP contribution in [0.3, 0.4) is 0 Å². The zero-order valence-electron chi connectivity index (χ0n) is 17.3. The number of hydrogen-bond acceptors (Lipinski definition) is 6. The first-order valence-electron chi connectivity index (χ1n) is 10.3. The summed E-state index contributed by atoms with van der Waals surface area (Å²) >= 11 is 0. The first kappa shape index (κ1) is 19.9. The van der Waals surface area contributed by atoms with E-state index in [1.54, 1.807) is 6.20 Å². The second-order valence-corrected chi connectivity index (χ2v) is 7.43. The van der Waals surface area contributed by atoms with Gasteiger partial charge in [0.15, 0.2) is 0 Å². The number of amides is 2. The molecule has 0 spiro atoms. The minimum atomic E-state index is -0.0792. The smallest absolute Gasteiger partial charge is 0.321 e. The highest BCUT2D eigenvalue weighted by Crippen LogP contribution is 2.28. The van der Waals surface area contributed by atoms with Gasteiger partial charge in [-0.05, 0) is 50.1 Å². The van der Waals surface area contributed by atoms with E-state index in [0.717, 1.165) is 30.8 Å². The Balaban J connectivity index is 1.33. The Morgan fingerprint density at radius 2 is 2.07 bits per heavy atom. The Hall–Kier alpha value is -3.42. The van der Waals surface area contributed by atoms with E-state index in [-0.39, 0.29) is 11.9 Å². The normalized spacial score (nSPS) is 14.5. The fourth-order valence-electron chi connectivity index (χ4n) is 3.54. The van der Waals surface area contributed by atoms with E-state index in [0.29, 0.717) is 30.5 Å². The Kier molecular flexibility index (Phi) is 5.92. The van der Waals surface area contributed by atoms with Gasteiger partial charge in [-0.3, -0.25) is 4.98 Å². The third-order valence-electron chi connectivity index (χ3n) is 5.48. The zero-order chi connectivity index (χ0) is 20.9. The van der Waals surface area contributed by atoms with Crippen molar-refractivity contribution in [3.8, 4) is 11.5 Å². The van der Waals surface area contributed by atoms with E-state index in [1.165, 1.54) is 0 Å². The van der Waals surface area contributed by atoms with Crippen molar-refractivity contribution >= 4 is 17.4 Å². The van der Waals surface area contributed by atoms with E-state index in [1.807, 2.05) is 54.4 Å². The maximum absolute atomic E-state index is 12.7. The van der Waals surface area contributed by atoms with Crippen LogP contribution in [0.5, 0.6) is 0 Å². The molecule has 1 N–H and O–H groups in total. The van der Waals surface area contributed by atoms with Crippen LogP contribution < -0.4 is 10.2 Å². The van der Waals surface area contributed by atoms with Crippen molar-refractivity contribution in [2.24, 2.45) is 0 Å². The van der Waals surface area contributed by atoms with Crippen molar-refractivity contribution in [1.29, 1.82) is 0 Å². The number of nitrogens with one attached hydrogen (secondary N) is 1. The van der Waals surface area contributed by atoms with Crippen LogP contribution in [0.1, 0.15) is 31.6 Å². The molecule has 30 heavy (non-hydrogen) atoms. The predicted molar refractivity (Wildman–Crippen MR) is 115 cm³/mol. The number of nitrogens with zero attached hydrogens (tertiary/aromatic N) is 5. The van der Waals surface area contributed by atoms with Crippen LogP contribution in [0.25, 0.3) is 11.5 Å². The number of urea groups is 1. The monoisotopic (exact) mass is 406 g/mol. The number of piperidine rings is 1. The maximum atomic E-state index is 12.7. The zero-order valence-corrected chi connectivity index (χ0v) is 17.3. The fourth-order valence-corrected chi connectivity index (χ4v) is 3.54. The second-order valence-electron chi connectivity index (χ2n) is 7.43. The van der Waals surface area contributed by atoms with E-state index in [2.05, 4.69) is 32.3 Å². The summed E-state index contributed by atoms with van der Waals surface area (Å²) in [5.41, 5.74) is 2.58. The molecular weight excluding hydrogens is 380 g/mol. The molecule has 2 aromatic heterocycles. The number of hydrogen-bond donors (Lipinski definition) is 1. The highest BCUT2D eigenvalue weighted by Gasteiger charge is 2.28. The van der Waals surface area contributed by atoms with Crippen molar-refractivity contribution in [1.82, 2.24) is 20.0 Å². The molecule has 8 heteroatoms. The summed E-state index contributed by atoms with van der Waals surface area (Å²) in [6.07, 6.45) is 3.28. The topological polar surface area (TPSA) is 87.4 Å². The number of carbonyl (C=O) groups excluding carboxylic acids is 1. The van der Waals surface area contributed by atoms with Gasteiger partial charge in [0.2, 0.25) is 11.7 Å². The van der Waals surface area contributed by atoms with Crippen molar-refractivity contribution in [3.63, 3.8) is 0 Å². The van der Waals surface area contributed by atoms with E-state index >= 15 is 0 Å². The average Bonchev–Trinajstić information content (AvgIpc) is 3.30. The molecule has 0 aliphatic carbocycles. The van der Waals surface area contributed by atoms with Gasteiger partial charge in [0.25, 0.3) is 0 Å². The molecule has 0 bridgehead atoms. The maximum Gasteiger partial charge on any atom is 0.321 e. The van der Waals surface area contributed by atoms with Crippen LogP contribution in [-0.4, -0.2) is 52.7 Å². The lowest BCUT2D eigenvalue weighted by Crippen LogP contribution is -2.40. The lowest BCUT2D eigenvalue weighted by atomic mass is 9.97. The molecule has 0 radical (unpaired) electrons. The Morgan fingerprint density at radius 1 is 1.23 bits per heavy atom. The number of anilines is 2. The SMILES string of the molecule is CCN(C)c1cccc(NC(=O)N2CCC(c3nc(-c4ccccn4)no3)CC2)c1. The first-order valence-corrected chi connectivity index (χ1v) is 10.3. The van der Waals surface area contributed by atoms with Crippen molar-refractivity contribution in [2.75, 3.05) is 36.9 Å². The Morgan fingerprint density at radius 3 is 2.80 bits per heavy atom. The molecule has 1 fully saturated rings. The van der Waals surface area contributed by atoms with Crippen molar-refractivity contribution in [3.05, 3.63) is 54.6 Å². The summed E-state index contributed by atoms with van der Waals surface area (Å²) in [5, 5.41) is 7.07. The molecule has 1 aromatic carbocycles. The second kappa shape index (κ2) is 8.94. The third kappa shape index (κ3) is 4.42. The molecule has 4 rings (SSSR count). The van der Waals surface area contributed by atoms with Gasteiger partial charge in [-0.25, -0.2) is 4.79 Å². The molecule has 0 unspecified atom stereocenters. The summed E-state index contributed by atoms with van der Waals surface area (Å²) in [6.45, 7) is 4.29. The van der Waals surface area contributed by atoms with Crippen LogP contribution in [0.2, 0.25) is 0 Å². The number of rotatable bonds is 5. The minimum absolute atomic E-state index is 0.0792. The standard InChI is InChI=1S/C22H26N6O2/c1-3-27(2)18-8-6-7-17(15-18)24-22(29)28-13-10-16(11-14-28)21-25-20(26-30-21)19-9-4-5-12-23-19/h4-9,12,15-16H,3,10-11,13-14H2,1-2H3,(H,24,29). The molecule has 0 atom stereocenters. The molecule has 3 heterocycles. The average molecular weight is 406 g/mol. The number of aromatic nitrogens is 3. The number of benzene rings is 1. The van der Waals surface area contributed by atoms with Crippen LogP contribution in [0, 0.1) is 0 Å². The third-order valence-corrected chi connectivity index (χ3v) is 5.48. The summed E-state index contributed by atoms with van der Waals surface area (Å²) in [4.78, 5) is 25.4. The minimum Gasteiger partial charge on any atom is -0.375 e. The number of pyridine rings is 1. The van der Waals surface area contributed by atoms with E-state index in [9.17, 15) is 4.79 Å². The van der Waals surface area contributed by atoms with Gasteiger partial charge in [0, 0.05) is 50.2 Å². The molecular formula is C22H26N6O2. The first-order chi connectivity index (χ1) is 14.6. The summed E-state index contributed by atoms with van der Waals surface area (Å²) in [5.74, 6) is 1.27. The van der Waals surface area contributed by atoms with Gasteiger partial charge in [0.05, 0.1) is 0 Å². The molecule has 8 nitrogen and oxygen atoms in total.